The van der Waals surface area contributed by atoms with Gasteiger partial charge in [-0.25, -0.2) is 4.98 Å². The average Bonchev–Trinajstić information content (AvgIpc) is 2.99. The highest BCUT2D eigenvalue weighted by molar-refractivity contribution is 6.30. The molecule has 0 aliphatic rings. The number of carbonyl (C=O) groups excluding carboxylic acids is 1. The van der Waals surface area contributed by atoms with E-state index in [2.05, 4.69) is 4.98 Å². The molecule has 0 spiro atoms. The number of alkyl halides is 3. The highest BCUT2D eigenvalue weighted by Crippen LogP contribution is 2.41. The predicted octanol–water partition coefficient (Wildman–Crippen LogP) is 3.43. The van der Waals surface area contributed by atoms with Crippen molar-refractivity contribution in [3.05, 3.63) is 53.1 Å². The highest BCUT2D eigenvalue weighted by Gasteiger charge is 2.59. The minimum atomic E-state index is -5.06. The van der Waals surface area contributed by atoms with E-state index in [0.717, 1.165) is 15.7 Å². The molecule has 1 heterocycles. The van der Waals surface area contributed by atoms with Crippen LogP contribution in [0.15, 0.2) is 36.7 Å². The number of aryl methyl sites for hydroxylation is 1. The van der Waals surface area contributed by atoms with Gasteiger partial charge in [0.2, 0.25) is 11.5 Å². The van der Waals surface area contributed by atoms with Crippen LogP contribution in [0.5, 0.6) is 0 Å². The van der Waals surface area contributed by atoms with Crippen molar-refractivity contribution in [3.8, 4) is 0 Å². The molecule has 142 valence electrons. The summed E-state index contributed by atoms with van der Waals surface area (Å²) in [4.78, 5) is 17.2. The lowest BCUT2D eigenvalue weighted by atomic mass is 9.96. The second kappa shape index (κ2) is 7.28. The molecule has 0 bridgehead atoms. The van der Waals surface area contributed by atoms with E-state index in [0.29, 0.717) is 10.6 Å². The topological polar surface area (TPSA) is 58.4 Å². The molecule has 2 atom stereocenters. The maximum absolute atomic E-state index is 13.6. The van der Waals surface area contributed by atoms with Crippen LogP contribution < -0.4 is 0 Å². The third-order valence-electron chi connectivity index (χ3n) is 4.39. The summed E-state index contributed by atoms with van der Waals surface area (Å²) < 4.78 is 41.7. The number of hydrogen-bond acceptors (Lipinski definition) is 3. The first-order chi connectivity index (χ1) is 12.0. The first-order valence-corrected chi connectivity index (χ1v) is 8.13. The molecule has 0 saturated heterocycles. The fourth-order valence-electron chi connectivity index (χ4n) is 2.59. The van der Waals surface area contributed by atoms with Crippen molar-refractivity contribution in [2.75, 3.05) is 7.05 Å². The first-order valence-electron chi connectivity index (χ1n) is 7.75. The minimum Gasteiger partial charge on any atom is -0.374 e. The van der Waals surface area contributed by atoms with E-state index in [-0.39, 0.29) is 0 Å². The number of amides is 1. The van der Waals surface area contributed by atoms with Gasteiger partial charge in [-0.3, -0.25) is 4.79 Å². The highest BCUT2D eigenvalue weighted by atomic mass is 35.5. The van der Waals surface area contributed by atoms with Crippen LogP contribution in [0.1, 0.15) is 30.8 Å². The molecule has 1 aromatic heterocycles. The maximum atomic E-state index is 13.6. The third kappa shape index (κ3) is 3.86. The lowest BCUT2D eigenvalue weighted by molar-refractivity contribution is -0.272. The Labute approximate surface area is 154 Å². The van der Waals surface area contributed by atoms with Crippen LogP contribution in [0.3, 0.4) is 0 Å². The molecule has 2 aromatic rings. The largest absolute Gasteiger partial charge is 0.425 e. The van der Waals surface area contributed by atoms with Gasteiger partial charge >= 0.3 is 6.18 Å². The zero-order chi connectivity index (χ0) is 19.7. The van der Waals surface area contributed by atoms with Crippen molar-refractivity contribution < 1.29 is 23.1 Å². The molecule has 0 aliphatic carbocycles. The Balaban J connectivity index is 2.27. The van der Waals surface area contributed by atoms with Crippen molar-refractivity contribution in [1.29, 1.82) is 0 Å². The van der Waals surface area contributed by atoms with Crippen LogP contribution in [0.4, 0.5) is 13.2 Å². The minimum absolute atomic E-state index is 0.501. The Hall–Kier alpha value is -2.06. The number of benzene rings is 1. The summed E-state index contributed by atoms with van der Waals surface area (Å²) in [6.07, 6.45) is -3.82. The van der Waals surface area contributed by atoms with Gasteiger partial charge in [0.05, 0.1) is 12.5 Å². The van der Waals surface area contributed by atoms with Crippen LogP contribution in [0, 0.1) is 0 Å². The van der Waals surface area contributed by atoms with E-state index in [4.69, 9.17) is 11.6 Å². The Bertz CT molecular complexity index is 776. The number of carbonyl (C=O) groups is 1. The quantitative estimate of drug-likeness (QED) is 0.852. The number of rotatable bonds is 5. The Morgan fingerprint density at radius 2 is 1.92 bits per heavy atom. The van der Waals surface area contributed by atoms with Crippen molar-refractivity contribution in [1.82, 2.24) is 14.5 Å². The molecule has 1 amide bonds. The van der Waals surface area contributed by atoms with Gasteiger partial charge in [-0.15, -0.1) is 0 Å². The Morgan fingerprint density at radius 1 is 1.35 bits per heavy atom. The Morgan fingerprint density at radius 3 is 2.38 bits per heavy atom. The Kier molecular flexibility index (Phi) is 5.67. The monoisotopic (exact) mass is 389 g/mol. The number of halogens is 4. The van der Waals surface area contributed by atoms with Crippen molar-refractivity contribution in [2.24, 2.45) is 7.05 Å². The molecule has 0 aliphatic heterocycles. The van der Waals surface area contributed by atoms with E-state index in [1.807, 2.05) is 0 Å². The molecule has 0 saturated carbocycles. The summed E-state index contributed by atoms with van der Waals surface area (Å²) in [6.45, 7) is 1.68. The summed E-state index contributed by atoms with van der Waals surface area (Å²) in [5.74, 6) is -1.50. The molecule has 2 unspecified atom stereocenters. The van der Waals surface area contributed by atoms with Crippen molar-refractivity contribution >= 4 is 17.5 Å². The summed E-state index contributed by atoms with van der Waals surface area (Å²) >= 11 is 5.82. The molecular weight excluding hydrogens is 371 g/mol. The fourth-order valence-corrected chi connectivity index (χ4v) is 2.72. The van der Waals surface area contributed by atoms with Crippen LogP contribution >= 0.6 is 11.6 Å². The third-order valence-corrected chi connectivity index (χ3v) is 4.65. The molecular formula is C17H19ClF3N3O2. The predicted molar refractivity (Wildman–Crippen MR) is 90.4 cm³/mol. The SMILES string of the molecule is CC(c1ccc(Cl)cc1)N(C)C(=O)CC(O)(c1nccn1C)C(F)(F)F. The zero-order valence-electron chi connectivity index (χ0n) is 14.5. The maximum Gasteiger partial charge on any atom is 0.425 e. The smallest absolute Gasteiger partial charge is 0.374 e. The molecule has 2 rings (SSSR count). The molecule has 1 N–H and O–H groups in total. The number of imidazole rings is 1. The fraction of sp³-hybridized carbons (Fsp3) is 0.412. The second-order valence-electron chi connectivity index (χ2n) is 6.13. The van der Waals surface area contributed by atoms with Crippen molar-refractivity contribution in [3.63, 3.8) is 0 Å². The van der Waals surface area contributed by atoms with Crippen LogP contribution in [-0.4, -0.2) is 38.7 Å². The van der Waals surface area contributed by atoms with Crippen LogP contribution in [0.2, 0.25) is 5.02 Å². The number of hydrogen-bond donors (Lipinski definition) is 1. The van der Waals surface area contributed by atoms with E-state index in [1.165, 1.54) is 20.3 Å². The van der Waals surface area contributed by atoms with E-state index >= 15 is 0 Å². The van der Waals surface area contributed by atoms with E-state index < -0.39 is 36.0 Å². The number of aromatic nitrogens is 2. The second-order valence-corrected chi connectivity index (χ2v) is 6.57. The van der Waals surface area contributed by atoms with Gasteiger partial charge in [0.25, 0.3) is 0 Å². The van der Waals surface area contributed by atoms with Gasteiger partial charge < -0.3 is 14.6 Å². The van der Waals surface area contributed by atoms with E-state index in [1.54, 1.807) is 31.2 Å². The summed E-state index contributed by atoms with van der Waals surface area (Å²) in [6, 6.07) is 6.13. The van der Waals surface area contributed by atoms with Gasteiger partial charge in [0.1, 0.15) is 0 Å². The van der Waals surface area contributed by atoms with Crippen molar-refractivity contribution in [2.45, 2.75) is 31.2 Å². The molecule has 9 heteroatoms. The lowest BCUT2D eigenvalue weighted by Gasteiger charge is -2.32. The molecule has 5 nitrogen and oxygen atoms in total. The summed E-state index contributed by atoms with van der Waals surface area (Å²) in [7, 11) is 2.71. The molecule has 26 heavy (non-hydrogen) atoms. The van der Waals surface area contributed by atoms with Gasteiger partial charge in [-0.1, -0.05) is 23.7 Å². The van der Waals surface area contributed by atoms with Gasteiger partial charge in [-0.2, -0.15) is 13.2 Å². The number of aliphatic hydroxyl groups is 1. The zero-order valence-corrected chi connectivity index (χ0v) is 15.2. The first kappa shape index (κ1) is 20.3. The number of nitrogens with zero attached hydrogens (tertiary/aromatic N) is 3. The van der Waals surface area contributed by atoms with Crippen LogP contribution in [-0.2, 0) is 17.4 Å². The molecule has 1 aromatic carbocycles. The molecule has 0 radical (unpaired) electrons. The normalized spacial score (nSPS) is 15.4. The average molecular weight is 390 g/mol. The lowest BCUT2D eigenvalue weighted by Crippen LogP contribution is -2.48. The molecule has 0 fully saturated rings. The van der Waals surface area contributed by atoms with Gasteiger partial charge in [0, 0.05) is 31.5 Å². The van der Waals surface area contributed by atoms with E-state index in [9.17, 15) is 23.1 Å². The standard InChI is InChI=1S/C17H19ClF3N3O2/c1-11(12-4-6-13(18)7-5-12)24(3)14(25)10-16(26,17(19,20)21)15-22-8-9-23(15)2/h4-9,11,26H,10H2,1-3H3. The summed E-state index contributed by atoms with van der Waals surface area (Å²) in [5, 5.41) is 10.8. The van der Waals surface area contributed by atoms with Gasteiger partial charge in [0.15, 0.2) is 5.82 Å². The summed E-state index contributed by atoms with van der Waals surface area (Å²) in [5.41, 5.74) is -2.67. The van der Waals surface area contributed by atoms with Gasteiger partial charge in [-0.05, 0) is 24.6 Å². The van der Waals surface area contributed by atoms with Crippen LogP contribution in [0.25, 0.3) is 0 Å².